The molecule has 0 saturated carbocycles. The van der Waals surface area contributed by atoms with Crippen LogP contribution >= 0.6 is 0 Å². The van der Waals surface area contributed by atoms with E-state index in [9.17, 15) is 13.2 Å². The van der Waals surface area contributed by atoms with Crippen LogP contribution in [-0.2, 0) is 10.0 Å². The van der Waals surface area contributed by atoms with Gasteiger partial charge in [0.05, 0.1) is 0 Å². The third-order valence-electron chi connectivity index (χ3n) is 5.46. The summed E-state index contributed by atoms with van der Waals surface area (Å²) in [6.45, 7) is 9.65. The molecule has 0 aliphatic carbocycles. The number of aryl methyl sites for hydroxylation is 1. The van der Waals surface area contributed by atoms with Gasteiger partial charge in [-0.3, -0.25) is 9.69 Å². The molecule has 2 aliphatic heterocycles. The van der Waals surface area contributed by atoms with Gasteiger partial charge in [-0.15, -0.1) is 0 Å². The van der Waals surface area contributed by atoms with Crippen LogP contribution in [0.5, 0.6) is 0 Å². The van der Waals surface area contributed by atoms with E-state index < -0.39 is 10.0 Å². The lowest BCUT2D eigenvalue weighted by Crippen LogP contribution is -2.44. The van der Waals surface area contributed by atoms with Gasteiger partial charge in [0, 0.05) is 44.8 Å². The number of likely N-dealkylation sites (tertiary alicyclic amines) is 1. The largest absolute Gasteiger partial charge is 0.455 e. The quantitative estimate of drug-likeness (QED) is 0.730. The number of sulfonamides is 1. The van der Waals surface area contributed by atoms with E-state index in [1.807, 2.05) is 0 Å². The number of allylic oxidation sites excluding steroid dienone is 1. The lowest BCUT2D eigenvalue weighted by atomic mass is 10.0. The smallest absolute Gasteiger partial charge is 0.287 e. The molecule has 156 valence electrons. The lowest BCUT2D eigenvalue weighted by molar-refractivity contribution is 0.0884. The van der Waals surface area contributed by atoms with Crippen molar-refractivity contribution < 1.29 is 17.6 Å². The summed E-state index contributed by atoms with van der Waals surface area (Å²) in [5, 5.41) is 3.00. The van der Waals surface area contributed by atoms with Crippen LogP contribution in [0, 0.1) is 6.92 Å². The molecule has 1 N–H and O–H groups in total. The third-order valence-corrected chi connectivity index (χ3v) is 7.47. The molecule has 3 heterocycles. The molecule has 3 rings (SSSR count). The van der Waals surface area contributed by atoms with E-state index >= 15 is 0 Å². The second-order valence-corrected chi connectivity index (χ2v) is 9.88. The summed E-state index contributed by atoms with van der Waals surface area (Å²) in [6, 6.07) is 1.46. The van der Waals surface area contributed by atoms with Crippen molar-refractivity contribution in [3.05, 3.63) is 29.2 Å². The zero-order chi connectivity index (χ0) is 20.3. The predicted molar refractivity (Wildman–Crippen MR) is 108 cm³/mol. The first-order chi connectivity index (χ1) is 13.3. The number of nitrogens with one attached hydrogen (secondary N) is 1. The van der Waals surface area contributed by atoms with Gasteiger partial charge in [-0.2, -0.15) is 4.31 Å². The first kappa shape index (κ1) is 21.1. The SMILES string of the molecule is CC(C)=CCN1CCC(NC(=O)c2cc(S(=O)(=O)N3CCCC3)c(C)o2)CC1. The van der Waals surface area contributed by atoms with Gasteiger partial charge < -0.3 is 9.73 Å². The number of hydrogen-bond donors (Lipinski definition) is 1. The maximum Gasteiger partial charge on any atom is 0.287 e. The average Bonchev–Trinajstić information content (AvgIpc) is 3.31. The van der Waals surface area contributed by atoms with Gasteiger partial charge in [-0.25, -0.2) is 8.42 Å². The van der Waals surface area contributed by atoms with Crippen molar-refractivity contribution in [1.29, 1.82) is 0 Å². The molecule has 0 bridgehead atoms. The summed E-state index contributed by atoms with van der Waals surface area (Å²) < 4.78 is 32.5. The number of furan rings is 1. The van der Waals surface area contributed by atoms with E-state index in [4.69, 9.17) is 4.42 Å². The Bertz CT molecular complexity index is 826. The molecule has 0 spiro atoms. The number of hydrogen-bond acceptors (Lipinski definition) is 5. The summed E-state index contributed by atoms with van der Waals surface area (Å²) in [5.41, 5.74) is 1.31. The van der Waals surface area contributed by atoms with Crippen LogP contribution < -0.4 is 5.32 Å². The van der Waals surface area contributed by atoms with Gasteiger partial charge in [0.2, 0.25) is 10.0 Å². The van der Waals surface area contributed by atoms with Crippen molar-refractivity contribution in [3.63, 3.8) is 0 Å². The molecule has 1 aromatic rings. The van der Waals surface area contributed by atoms with E-state index in [1.54, 1.807) is 6.92 Å². The summed E-state index contributed by atoms with van der Waals surface area (Å²) >= 11 is 0. The van der Waals surface area contributed by atoms with E-state index in [1.165, 1.54) is 15.9 Å². The van der Waals surface area contributed by atoms with E-state index in [2.05, 4.69) is 30.1 Å². The maximum atomic E-state index is 12.8. The van der Waals surface area contributed by atoms with Crippen LogP contribution in [0.4, 0.5) is 0 Å². The lowest BCUT2D eigenvalue weighted by Gasteiger charge is -2.31. The molecule has 1 amide bonds. The van der Waals surface area contributed by atoms with Crippen LogP contribution in [0.25, 0.3) is 0 Å². The number of amides is 1. The summed E-state index contributed by atoms with van der Waals surface area (Å²) in [7, 11) is -3.59. The summed E-state index contributed by atoms with van der Waals surface area (Å²) in [4.78, 5) is 15.1. The van der Waals surface area contributed by atoms with Crippen LogP contribution in [-0.4, -0.2) is 62.3 Å². The second kappa shape index (κ2) is 8.80. The highest BCUT2D eigenvalue weighted by Crippen LogP contribution is 2.26. The Balaban J connectivity index is 1.59. The molecule has 1 aromatic heterocycles. The molecule has 0 atom stereocenters. The number of carbonyl (C=O) groups excluding carboxylic acids is 1. The van der Waals surface area contributed by atoms with Crippen LogP contribution in [0.15, 0.2) is 27.0 Å². The standard InChI is InChI=1S/C20H31N3O4S/c1-15(2)6-11-22-12-7-17(8-13-22)21-20(24)18-14-19(16(3)27-18)28(25,26)23-9-4-5-10-23/h6,14,17H,4-5,7-13H2,1-3H3,(H,21,24). The van der Waals surface area contributed by atoms with Gasteiger partial charge in [0.1, 0.15) is 10.7 Å². The fourth-order valence-electron chi connectivity index (χ4n) is 3.73. The van der Waals surface area contributed by atoms with Gasteiger partial charge in [0.15, 0.2) is 5.76 Å². The number of piperidine rings is 1. The highest BCUT2D eigenvalue weighted by molar-refractivity contribution is 7.89. The fraction of sp³-hybridized carbons (Fsp3) is 0.650. The Morgan fingerprint density at radius 1 is 1.21 bits per heavy atom. The molecule has 7 nitrogen and oxygen atoms in total. The van der Waals surface area contributed by atoms with Crippen LogP contribution in [0.2, 0.25) is 0 Å². The first-order valence-corrected chi connectivity index (χ1v) is 11.5. The fourth-order valence-corrected chi connectivity index (χ4v) is 5.41. The predicted octanol–water partition coefficient (Wildman–Crippen LogP) is 2.53. The molecule has 2 saturated heterocycles. The molecule has 8 heteroatoms. The zero-order valence-corrected chi connectivity index (χ0v) is 17.8. The van der Waals surface area contributed by atoms with Crippen LogP contribution in [0.3, 0.4) is 0 Å². The molecular formula is C20H31N3O4S. The molecule has 2 aliphatic rings. The van der Waals surface area contributed by atoms with Crippen molar-refractivity contribution in [3.8, 4) is 0 Å². The topological polar surface area (TPSA) is 82.9 Å². The minimum Gasteiger partial charge on any atom is -0.455 e. The molecule has 0 radical (unpaired) electrons. The van der Waals surface area contributed by atoms with Crippen molar-refractivity contribution in [2.45, 2.75) is 57.4 Å². The summed E-state index contributed by atoms with van der Waals surface area (Å²) in [6.07, 6.45) is 5.71. The highest BCUT2D eigenvalue weighted by Gasteiger charge is 2.32. The minimum atomic E-state index is -3.59. The molecule has 2 fully saturated rings. The molecular weight excluding hydrogens is 378 g/mol. The maximum absolute atomic E-state index is 12.8. The number of carbonyl (C=O) groups is 1. The first-order valence-electron chi connectivity index (χ1n) is 10.0. The Morgan fingerprint density at radius 2 is 1.86 bits per heavy atom. The van der Waals surface area contributed by atoms with Crippen LogP contribution in [0.1, 0.15) is 55.8 Å². The Morgan fingerprint density at radius 3 is 2.46 bits per heavy atom. The monoisotopic (exact) mass is 409 g/mol. The van der Waals surface area contributed by atoms with Gasteiger partial charge in [-0.1, -0.05) is 11.6 Å². The second-order valence-electron chi connectivity index (χ2n) is 7.97. The average molecular weight is 410 g/mol. The van der Waals surface area contributed by atoms with Gasteiger partial charge in [0.25, 0.3) is 5.91 Å². The zero-order valence-electron chi connectivity index (χ0n) is 17.0. The van der Waals surface area contributed by atoms with Crippen molar-refractivity contribution >= 4 is 15.9 Å². The molecule has 28 heavy (non-hydrogen) atoms. The Labute approximate surface area is 167 Å². The van der Waals surface area contributed by atoms with E-state index in [-0.39, 0.29) is 28.4 Å². The third kappa shape index (κ3) is 4.85. The summed E-state index contributed by atoms with van der Waals surface area (Å²) in [5.74, 6) is 0.00422. The Kier molecular flexibility index (Phi) is 6.62. The normalized spacial score (nSPS) is 19.7. The Hall–Kier alpha value is -1.64. The highest BCUT2D eigenvalue weighted by atomic mass is 32.2. The van der Waals surface area contributed by atoms with E-state index in [0.717, 1.165) is 45.3 Å². The van der Waals surface area contributed by atoms with Crippen molar-refractivity contribution in [1.82, 2.24) is 14.5 Å². The number of rotatable bonds is 6. The van der Waals surface area contributed by atoms with E-state index in [0.29, 0.717) is 13.1 Å². The minimum absolute atomic E-state index is 0.0715. The molecule has 0 aromatic carbocycles. The van der Waals surface area contributed by atoms with Crippen molar-refractivity contribution in [2.24, 2.45) is 0 Å². The molecule has 0 unspecified atom stereocenters. The van der Waals surface area contributed by atoms with Crippen molar-refractivity contribution in [2.75, 3.05) is 32.7 Å². The number of nitrogens with zero attached hydrogens (tertiary/aromatic N) is 2. The van der Waals surface area contributed by atoms with Gasteiger partial charge in [-0.05, 0) is 46.5 Å². The van der Waals surface area contributed by atoms with Gasteiger partial charge >= 0.3 is 0 Å².